The number of carbonyl (C=O) groups excluding carboxylic acids is 1. The van der Waals surface area contributed by atoms with E-state index in [9.17, 15) is 4.79 Å². The van der Waals surface area contributed by atoms with Crippen molar-refractivity contribution in [3.05, 3.63) is 54.0 Å². The highest BCUT2D eigenvalue weighted by molar-refractivity contribution is 7.99. The minimum Gasteiger partial charge on any atom is -0.444 e. The number of hydrogen-bond acceptors (Lipinski definition) is 5. The number of nitrogens with one attached hydrogen (secondary N) is 1. The number of hydrogen-bond donors (Lipinski definition) is 1. The Bertz CT molecular complexity index is 931. The highest BCUT2D eigenvalue weighted by Gasteiger charge is 2.16. The number of rotatable bonds is 4. The molecule has 26 heavy (non-hydrogen) atoms. The molecule has 0 spiro atoms. The molecule has 0 saturated carbocycles. The quantitative estimate of drug-likeness (QED) is 0.745. The van der Waals surface area contributed by atoms with Crippen molar-refractivity contribution in [2.45, 2.75) is 49.6 Å². The normalized spacial score (nSPS) is 11.5. The summed E-state index contributed by atoms with van der Waals surface area (Å²) in [4.78, 5) is 14.1. The van der Waals surface area contributed by atoms with E-state index in [1.54, 1.807) is 11.8 Å². The van der Waals surface area contributed by atoms with E-state index < -0.39 is 11.7 Å². The summed E-state index contributed by atoms with van der Waals surface area (Å²) in [7, 11) is 0. The van der Waals surface area contributed by atoms with E-state index in [4.69, 9.17) is 4.74 Å². The van der Waals surface area contributed by atoms with Crippen molar-refractivity contribution in [3.63, 3.8) is 0 Å². The van der Waals surface area contributed by atoms with Crippen LogP contribution in [0, 0.1) is 6.92 Å². The Morgan fingerprint density at radius 1 is 1.19 bits per heavy atom. The highest BCUT2D eigenvalue weighted by Crippen LogP contribution is 2.30. The van der Waals surface area contributed by atoms with E-state index >= 15 is 0 Å². The van der Waals surface area contributed by atoms with Crippen LogP contribution in [0.25, 0.3) is 5.65 Å². The summed E-state index contributed by atoms with van der Waals surface area (Å²) in [6, 6.07) is 12.0. The van der Waals surface area contributed by atoms with Crippen LogP contribution in [0.3, 0.4) is 0 Å². The third kappa shape index (κ3) is 4.54. The molecule has 0 saturated heterocycles. The van der Waals surface area contributed by atoms with Gasteiger partial charge in [0.2, 0.25) is 0 Å². The average Bonchev–Trinajstić information content (AvgIpc) is 2.93. The summed E-state index contributed by atoms with van der Waals surface area (Å²) in [5.74, 6) is 0.849. The van der Waals surface area contributed by atoms with Gasteiger partial charge in [-0.25, -0.2) is 4.79 Å². The number of aromatic nitrogens is 3. The van der Waals surface area contributed by atoms with Gasteiger partial charge in [-0.1, -0.05) is 30.0 Å². The van der Waals surface area contributed by atoms with Gasteiger partial charge in [-0.2, -0.15) is 0 Å². The minimum absolute atomic E-state index is 0.409. The molecule has 1 aromatic carbocycles. The lowest BCUT2D eigenvalue weighted by Crippen LogP contribution is -2.32. The number of aryl methyl sites for hydroxylation is 1. The monoisotopic (exact) mass is 370 g/mol. The Kier molecular flexibility index (Phi) is 5.18. The average molecular weight is 370 g/mol. The van der Waals surface area contributed by atoms with Gasteiger partial charge in [-0.15, -0.1) is 10.2 Å². The van der Waals surface area contributed by atoms with Gasteiger partial charge in [-0.3, -0.25) is 4.40 Å². The number of alkyl carbamates (subject to hydrolysis) is 1. The smallest absolute Gasteiger partial charge is 0.407 e. The maximum Gasteiger partial charge on any atom is 0.407 e. The van der Waals surface area contributed by atoms with Crippen molar-refractivity contribution >= 4 is 23.5 Å². The largest absolute Gasteiger partial charge is 0.444 e. The molecule has 3 aromatic rings. The van der Waals surface area contributed by atoms with E-state index in [1.807, 2.05) is 74.7 Å². The Labute approximate surface area is 157 Å². The molecule has 0 bridgehead atoms. The van der Waals surface area contributed by atoms with E-state index in [2.05, 4.69) is 15.5 Å². The zero-order valence-corrected chi connectivity index (χ0v) is 16.1. The molecule has 0 fully saturated rings. The van der Waals surface area contributed by atoms with Gasteiger partial charge < -0.3 is 10.1 Å². The zero-order valence-electron chi connectivity index (χ0n) is 15.3. The molecule has 0 aliphatic carbocycles. The molecule has 1 amide bonds. The van der Waals surface area contributed by atoms with Crippen molar-refractivity contribution < 1.29 is 9.53 Å². The van der Waals surface area contributed by atoms with Crippen LogP contribution in [0.1, 0.15) is 32.2 Å². The Morgan fingerprint density at radius 2 is 1.96 bits per heavy atom. The molecular formula is C19H22N4O2S. The van der Waals surface area contributed by atoms with Gasteiger partial charge in [0.05, 0.1) is 0 Å². The maximum absolute atomic E-state index is 11.9. The molecule has 0 aliphatic rings. The maximum atomic E-state index is 11.9. The van der Waals surface area contributed by atoms with Crippen LogP contribution in [0.2, 0.25) is 0 Å². The topological polar surface area (TPSA) is 68.5 Å². The first-order valence-electron chi connectivity index (χ1n) is 8.36. The number of ether oxygens (including phenoxy) is 1. The Balaban J connectivity index is 1.74. The van der Waals surface area contributed by atoms with Crippen LogP contribution >= 0.6 is 11.8 Å². The Hall–Kier alpha value is -2.54. The summed E-state index contributed by atoms with van der Waals surface area (Å²) in [6.07, 6.45) is 1.60. The van der Waals surface area contributed by atoms with Crippen molar-refractivity contribution in [1.82, 2.24) is 19.9 Å². The summed E-state index contributed by atoms with van der Waals surface area (Å²) in [5.41, 5.74) is 1.35. The summed E-state index contributed by atoms with van der Waals surface area (Å²) in [5, 5.41) is 11.0. The van der Waals surface area contributed by atoms with Crippen LogP contribution < -0.4 is 5.32 Å². The van der Waals surface area contributed by atoms with E-state index in [0.717, 1.165) is 26.8 Å². The van der Waals surface area contributed by atoms with Gasteiger partial charge in [-0.05, 0) is 51.5 Å². The first kappa shape index (κ1) is 18.3. The van der Waals surface area contributed by atoms with E-state index in [0.29, 0.717) is 6.54 Å². The zero-order chi connectivity index (χ0) is 18.7. The van der Waals surface area contributed by atoms with Crippen LogP contribution in [0.4, 0.5) is 4.79 Å². The standard InChI is InChI=1S/C19H22N4O2S/c1-13-21-22-17-10-9-15(12-23(13)17)26-16-8-6-5-7-14(16)11-20-18(24)25-19(2,3)4/h5-10,12H,11H2,1-4H3,(H,20,24). The molecule has 0 unspecified atom stereocenters. The fourth-order valence-electron chi connectivity index (χ4n) is 2.40. The number of carbonyl (C=O) groups is 1. The third-order valence-corrected chi connectivity index (χ3v) is 4.66. The number of fused-ring (bicyclic) bond motifs is 1. The van der Waals surface area contributed by atoms with E-state index in [1.165, 1.54) is 0 Å². The fourth-order valence-corrected chi connectivity index (χ4v) is 3.37. The molecule has 2 heterocycles. The number of pyridine rings is 1. The SMILES string of the molecule is Cc1nnc2ccc(Sc3ccccc3CNC(=O)OC(C)(C)C)cn12. The van der Waals surface area contributed by atoms with Gasteiger partial charge in [0.25, 0.3) is 0 Å². The fraction of sp³-hybridized carbons (Fsp3) is 0.316. The molecule has 6 nitrogen and oxygen atoms in total. The van der Waals surface area contributed by atoms with Gasteiger partial charge in [0, 0.05) is 22.5 Å². The van der Waals surface area contributed by atoms with Crippen LogP contribution in [-0.2, 0) is 11.3 Å². The second kappa shape index (κ2) is 7.37. The van der Waals surface area contributed by atoms with Crippen molar-refractivity contribution in [2.24, 2.45) is 0 Å². The number of amides is 1. The molecule has 0 radical (unpaired) electrons. The second-order valence-electron chi connectivity index (χ2n) is 6.91. The predicted octanol–water partition coefficient (Wildman–Crippen LogP) is 4.21. The number of benzene rings is 1. The minimum atomic E-state index is -0.509. The van der Waals surface area contributed by atoms with Gasteiger partial charge in [0.15, 0.2) is 5.65 Å². The summed E-state index contributed by atoms with van der Waals surface area (Å²) in [6.45, 7) is 7.87. The van der Waals surface area contributed by atoms with Crippen molar-refractivity contribution in [1.29, 1.82) is 0 Å². The van der Waals surface area contributed by atoms with Crippen molar-refractivity contribution in [3.8, 4) is 0 Å². The molecule has 0 atom stereocenters. The molecular weight excluding hydrogens is 348 g/mol. The molecule has 1 N–H and O–H groups in total. The second-order valence-corrected chi connectivity index (χ2v) is 8.02. The van der Waals surface area contributed by atoms with Crippen LogP contribution in [-0.4, -0.2) is 26.3 Å². The lowest BCUT2D eigenvalue weighted by molar-refractivity contribution is 0.0523. The Morgan fingerprint density at radius 3 is 2.73 bits per heavy atom. The molecule has 7 heteroatoms. The number of nitrogens with zero attached hydrogens (tertiary/aromatic N) is 3. The molecule has 0 aliphatic heterocycles. The van der Waals surface area contributed by atoms with Crippen LogP contribution in [0.15, 0.2) is 52.4 Å². The van der Waals surface area contributed by atoms with E-state index in [-0.39, 0.29) is 0 Å². The summed E-state index contributed by atoms with van der Waals surface area (Å²) >= 11 is 1.64. The highest BCUT2D eigenvalue weighted by atomic mass is 32.2. The predicted molar refractivity (Wildman–Crippen MR) is 101 cm³/mol. The van der Waals surface area contributed by atoms with Crippen LogP contribution in [0.5, 0.6) is 0 Å². The van der Waals surface area contributed by atoms with Gasteiger partial charge >= 0.3 is 6.09 Å². The molecule has 3 rings (SSSR count). The third-order valence-electron chi connectivity index (χ3n) is 3.57. The lowest BCUT2D eigenvalue weighted by atomic mass is 10.2. The molecule has 2 aromatic heterocycles. The first-order valence-corrected chi connectivity index (χ1v) is 9.17. The van der Waals surface area contributed by atoms with Gasteiger partial charge in [0.1, 0.15) is 11.4 Å². The molecule has 136 valence electrons. The summed E-state index contributed by atoms with van der Waals surface area (Å²) < 4.78 is 7.26. The first-order chi connectivity index (χ1) is 12.3. The van der Waals surface area contributed by atoms with Crippen molar-refractivity contribution in [2.75, 3.05) is 0 Å². The lowest BCUT2D eigenvalue weighted by Gasteiger charge is -2.20.